The molecule has 2 aromatic carbocycles. The van der Waals surface area contributed by atoms with Crippen LogP contribution in [-0.4, -0.2) is 42.6 Å². The van der Waals surface area contributed by atoms with E-state index in [1.54, 1.807) is 32.4 Å². The Bertz CT molecular complexity index is 857. The summed E-state index contributed by atoms with van der Waals surface area (Å²) in [5.74, 6) is 0.0223. The largest absolute Gasteiger partial charge is 0.497 e. The number of rotatable bonds is 8. The molecule has 3 rings (SSSR count). The number of nitrogens with zero attached hydrogens (tertiary/aromatic N) is 1. The molecule has 2 atom stereocenters. The summed E-state index contributed by atoms with van der Waals surface area (Å²) < 4.78 is 10.5. The number of aliphatic carboxylic acids is 1. The van der Waals surface area contributed by atoms with E-state index in [4.69, 9.17) is 9.47 Å². The first-order valence-electron chi connectivity index (χ1n) is 9.21. The van der Waals surface area contributed by atoms with Crippen molar-refractivity contribution < 1.29 is 24.2 Å². The SMILES string of the molecule is COc1cc(CN(CC(=O)O)C(=O)C2CC2c2ccccc2C)cc(OC)c1. The molecule has 2 unspecified atom stereocenters. The van der Waals surface area contributed by atoms with E-state index < -0.39 is 5.97 Å². The van der Waals surface area contributed by atoms with Crippen LogP contribution in [0, 0.1) is 12.8 Å². The molecule has 2 aromatic rings. The Morgan fingerprint density at radius 1 is 1.11 bits per heavy atom. The van der Waals surface area contributed by atoms with Crippen LogP contribution >= 0.6 is 0 Å². The molecule has 0 aromatic heterocycles. The molecular formula is C22H25NO5. The summed E-state index contributed by atoms with van der Waals surface area (Å²) in [6.45, 7) is 1.89. The lowest BCUT2D eigenvalue weighted by Gasteiger charge is -2.22. The van der Waals surface area contributed by atoms with E-state index in [1.165, 1.54) is 10.5 Å². The van der Waals surface area contributed by atoms with Gasteiger partial charge < -0.3 is 19.5 Å². The number of methoxy groups -OCH3 is 2. The average Bonchev–Trinajstić information content (AvgIpc) is 3.47. The Balaban J connectivity index is 1.78. The summed E-state index contributed by atoms with van der Waals surface area (Å²) in [6.07, 6.45) is 0.751. The first kappa shape index (κ1) is 19.7. The predicted octanol–water partition coefficient (Wildman–Crippen LogP) is 3.23. The fourth-order valence-electron chi connectivity index (χ4n) is 3.60. The molecule has 28 heavy (non-hydrogen) atoms. The molecule has 0 aliphatic heterocycles. The molecular weight excluding hydrogens is 358 g/mol. The van der Waals surface area contributed by atoms with Crippen LogP contribution in [0.25, 0.3) is 0 Å². The van der Waals surface area contributed by atoms with Crippen molar-refractivity contribution >= 4 is 11.9 Å². The van der Waals surface area contributed by atoms with E-state index in [9.17, 15) is 14.7 Å². The molecule has 0 heterocycles. The monoisotopic (exact) mass is 383 g/mol. The minimum Gasteiger partial charge on any atom is -0.497 e. The van der Waals surface area contributed by atoms with Gasteiger partial charge in [0.15, 0.2) is 0 Å². The van der Waals surface area contributed by atoms with Crippen molar-refractivity contribution in [3.8, 4) is 11.5 Å². The zero-order chi connectivity index (χ0) is 20.3. The van der Waals surface area contributed by atoms with Crippen molar-refractivity contribution in [2.75, 3.05) is 20.8 Å². The van der Waals surface area contributed by atoms with E-state index in [0.29, 0.717) is 11.5 Å². The molecule has 6 heteroatoms. The number of benzene rings is 2. The molecule has 6 nitrogen and oxygen atoms in total. The van der Waals surface area contributed by atoms with Gasteiger partial charge in [-0.25, -0.2) is 0 Å². The highest BCUT2D eigenvalue weighted by atomic mass is 16.5. The van der Waals surface area contributed by atoms with Gasteiger partial charge in [-0.05, 0) is 48.1 Å². The highest BCUT2D eigenvalue weighted by molar-refractivity contribution is 5.86. The van der Waals surface area contributed by atoms with Crippen molar-refractivity contribution in [1.82, 2.24) is 4.90 Å². The number of amides is 1. The maximum Gasteiger partial charge on any atom is 0.323 e. The van der Waals surface area contributed by atoms with E-state index in [0.717, 1.165) is 17.5 Å². The summed E-state index contributed by atoms with van der Waals surface area (Å²) >= 11 is 0. The van der Waals surface area contributed by atoms with E-state index in [2.05, 4.69) is 0 Å². The van der Waals surface area contributed by atoms with E-state index in [1.807, 2.05) is 31.2 Å². The number of hydrogen-bond donors (Lipinski definition) is 1. The number of hydrogen-bond acceptors (Lipinski definition) is 4. The molecule has 0 bridgehead atoms. The Kier molecular flexibility index (Phi) is 5.87. The second-order valence-electron chi connectivity index (χ2n) is 7.11. The van der Waals surface area contributed by atoms with Gasteiger partial charge in [0, 0.05) is 18.5 Å². The van der Waals surface area contributed by atoms with Gasteiger partial charge in [0.2, 0.25) is 5.91 Å². The fourth-order valence-corrected chi connectivity index (χ4v) is 3.60. The van der Waals surface area contributed by atoms with E-state index in [-0.39, 0.29) is 30.8 Å². The fraction of sp³-hybridized carbons (Fsp3) is 0.364. The zero-order valence-electron chi connectivity index (χ0n) is 16.3. The summed E-state index contributed by atoms with van der Waals surface area (Å²) in [4.78, 5) is 25.8. The molecule has 1 aliphatic rings. The Morgan fingerprint density at radius 2 is 1.75 bits per heavy atom. The number of carboxylic acids is 1. The molecule has 148 valence electrons. The van der Waals surface area contributed by atoms with Gasteiger partial charge in [-0.15, -0.1) is 0 Å². The molecule has 0 saturated heterocycles. The number of ether oxygens (including phenoxy) is 2. The number of carbonyl (C=O) groups excluding carboxylic acids is 1. The van der Waals surface area contributed by atoms with Gasteiger partial charge in [-0.3, -0.25) is 9.59 Å². The maximum absolute atomic E-state index is 13.0. The molecule has 1 aliphatic carbocycles. The number of carbonyl (C=O) groups is 2. The molecule has 0 radical (unpaired) electrons. The van der Waals surface area contributed by atoms with Crippen LogP contribution in [0.1, 0.15) is 29.0 Å². The summed E-state index contributed by atoms with van der Waals surface area (Å²) in [6, 6.07) is 13.3. The minimum absolute atomic E-state index is 0.127. The molecule has 1 fully saturated rings. The van der Waals surface area contributed by atoms with Crippen molar-refractivity contribution in [2.45, 2.75) is 25.8 Å². The van der Waals surface area contributed by atoms with Crippen LogP contribution < -0.4 is 9.47 Å². The molecule has 0 spiro atoms. The zero-order valence-corrected chi connectivity index (χ0v) is 16.3. The van der Waals surface area contributed by atoms with Gasteiger partial charge in [-0.2, -0.15) is 0 Å². The third-order valence-corrected chi connectivity index (χ3v) is 5.12. The second kappa shape index (κ2) is 8.33. The topological polar surface area (TPSA) is 76.1 Å². The lowest BCUT2D eigenvalue weighted by atomic mass is 10.0. The second-order valence-corrected chi connectivity index (χ2v) is 7.11. The average molecular weight is 383 g/mol. The van der Waals surface area contributed by atoms with Crippen LogP contribution in [0.5, 0.6) is 11.5 Å². The third kappa shape index (κ3) is 4.44. The summed E-state index contributed by atoms with van der Waals surface area (Å²) in [5.41, 5.74) is 3.09. The molecule has 1 amide bonds. The number of carboxylic acid groups (broad SMARTS) is 1. The first-order valence-corrected chi connectivity index (χ1v) is 9.21. The predicted molar refractivity (Wildman–Crippen MR) is 105 cm³/mol. The van der Waals surface area contributed by atoms with Crippen LogP contribution in [0.2, 0.25) is 0 Å². The van der Waals surface area contributed by atoms with Crippen molar-refractivity contribution in [3.05, 3.63) is 59.2 Å². The van der Waals surface area contributed by atoms with E-state index >= 15 is 0 Å². The van der Waals surface area contributed by atoms with Gasteiger partial charge >= 0.3 is 5.97 Å². The number of aryl methyl sites for hydroxylation is 1. The Labute approximate surface area is 164 Å². The van der Waals surface area contributed by atoms with Gasteiger partial charge in [0.1, 0.15) is 18.0 Å². The molecule has 1 saturated carbocycles. The van der Waals surface area contributed by atoms with Gasteiger partial charge in [0.05, 0.1) is 14.2 Å². The Hall–Kier alpha value is -3.02. The van der Waals surface area contributed by atoms with Crippen LogP contribution in [0.3, 0.4) is 0 Å². The van der Waals surface area contributed by atoms with Gasteiger partial charge in [0.25, 0.3) is 0 Å². The van der Waals surface area contributed by atoms with Crippen LogP contribution in [-0.2, 0) is 16.1 Å². The quantitative estimate of drug-likeness (QED) is 0.757. The van der Waals surface area contributed by atoms with Crippen molar-refractivity contribution in [3.63, 3.8) is 0 Å². The first-order chi connectivity index (χ1) is 13.4. The highest BCUT2D eigenvalue weighted by Crippen LogP contribution is 2.49. The van der Waals surface area contributed by atoms with Crippen molar-refractivity contribution in [2.24, 2.45) is 5.92 Å². The summed E-state index contributed by atoms with van der Waals surface area (Å²) in [5, 5.41) is 9.30. The smallest absolute Gasteiger partial charge is 0.323 e. The molecule has 1 N–H and O–H groups in total. The van der Waals surface area contributed by atoms with Gasteiger partial charge in [-0.1, -0.05) is 24.3 Å². The maximum atomic E-state index is 13.0. The van der Waals surface area contributed by atoms with Crippen LogP contribution in [0.15, 0.2) is 42.5 Å². The third-order valence-electron chi connectivity index (χ3n) is 5.12. The lowest BCUT2D eigenvalue weighted by Crippen LogP contribution is -2.36. The minimum atomic E-state index is -1.03. The van der Waals surface area contributed by atoms with Crippen molar-refractivity contribution in [1.29, 1.82) is 0 Å². The Morgan fingerprint density at radius 3 is 2.32 bits per heavy atom. The summed E-state index contributed by atoms with van der Waals surface area (Å²) in [7, 11) is 3.10. The lowest BCUT2D eigenvalue weighted by molar-refractivity contribution is -0.145. The normalized spacial score (nSPS) is 17.7. The van der Waals surface area contributed by atoms with Crippen LogP contribution in [0.4, 0.5) is 0 Å². The standard InChI is InChI=1S/C22H25NO5/c1-14-6-4-5-7-18(14)19-11-20(19)22(26)23(13-21(24)25)12-15-8-16(27-2)10-17(9-15)28-3/h4-10,19-20H,11-13H2,1-3H3,(H,24,25). The highest BCUT2D eigenvalue weighted by Gasteiger charge is 2.46.